The predicted octanol–water partition coefficient (Wildman–Crippen LogP) is 5.07. The van der Waals surface area contributed by atoms with Gasteiger partial charge in [0.05, 0.1) is 0 Å². The second-order valence-electron chi connectivity index (χ2n) is 8.71. The monoisotopic (exact) mass is 284 g/mol. The number of allylic oxidation sites excluding steroid dienone is 2. The Bertz CT molecular complexity index is 542. The molecule has 0 radical (unpaired) electrons. The summed E-state index contributed by atoms with van der Waals surface area (Å²) in [5.74, 6) is 2.85. The molecule has 0 aromatic rings. The summed E-state index contributed by atoms with van der Waals surface area (Å²) in [6, 6.07) is 0. The molecule has 0 saturated heterocycles. The van der Waals surface area contributed by atoms with Gasteiger partial charge in [0, 0.05) is 6.42 Å². The van der Waals surface area contributed by atoms with Gasteiger partial charge >= 0.3 is 0 Å². The topological polar surface area (TPSA) is 17.1 Å². The summed E-state index contributed by atoms with van der Waals surface area (Å²) in [7, 11) is 0. The molecule has 4 aliphatic rings. The van der Waals surface area contributed by atoms with Crippen molar-refractivity contribution in [2.45, 2.75) is 65.2 Å². The van der Waals surface area contributed by atoms with Crippen molar-refractivity contribution >= 4 is 5.78 Å². The van der Waals surface area contributed by atoms with E-state index in [1.54, 1.807) is 0 Å². The summed E-state index contributed by atoms with van der Waals surface area (Å²) in [6.45, 7) is 9.36. The number of hydrogen-bond donors (Lipinski definition) is 0. The molecule has 0 N–H and O–H groups in total. The van der Waals surface area contributed by atoms with Crippen molar-refractivity contribution < 1.29 is 4.79 Å². The molecule has 3 saturated carbocycles. The van der Waals surface area contributed by atoms with E-state index < -0.39 is 0 Å². The summed E-state index contributed by atoms with van der Waals surface area (Å²) in [5, 5.41) is 0. The van der Waals surface area contributed by atoms with Crippen LogP contribution < -0.4 is 0 Å². The second kappa shape index (κ2) is 4.33. The van der Waals surface area contributed by atoms with Gasteiger partial charge in [0.15, 0.2) is 5.78 Å². The van der Waals surface area contributed by atoms with Crippen LogP contribution in [0.3, 0.4) is 0 Å². The van der Waals surface area contributed by atoms with Crippen molar-refractivity contribution in [2.24, 2.45) is 28.6 Å². The van der Waals surface area contributed by atoms with E-state index in [-0.39, 0.29) is 5.41 Å². The lowest BCUT2D eigenvalue weighted by Gasteiger charge is -2.57. The van der Waals surface area contributed by atoms with Gasteiger partial charge in [-0.2, -0.15) is 0 Å². The summed E-state index contributed by atoms with van der Waals surface area (Å²) < 4.78 is 0. The van der Waals surface area contributed by atoms with Crippen LogP contribution in [-0.2, 0) is 4.79 Å². The average molecular weight is 284 g/mol. The molecule has 0 heterocycles. The minimum atomic E-state index is 0.234. The van der Waals surface area contributed by atoms with E-state index in [0.717, 1.165) is 37.0 Å². The van der Waals surface area contributed by atoms with Crippen LogP contribution in [0.1, 0.15) is 65.2 Å². The van der Waals surface area contributed by atoms with E-state index >= 15 is 0 Å². The predicted molar refractivity (Wildman–Crippen MR) is 85.9 cm³/mol. The Kier molecular flexibility index (Phi) is 2.85. The Morgan fingerprint density at radius 1 is 1.14 bits per heavy atom. The molecular formula is C20H28O. The van der Waals surface area contributed by atoms with Crippen LogP contribution in [0.15, 0.2) is 23.8 Å². The lowest BCUT2D eigenvalue weighted by Crippen LogP contribution is -2.49. The Morgan fingerprint density at radius 2 is 1.95 bits per heavy atom. The molecule has 1 nitrogen and oxygen atoms in total. The highest BCUT2D eigenvalue weighted by Crippen LogP contribution is 2.65. The second-order valence-corrected chi connectivity index (χ2v) is 8.71. The first-order chi connectivity index (χ1) is 9.94. The van der Waals surface area contributed by atoms with Gasteiger partial charge in [-0.1, -0.05) is 32.4 Å². The SMILES string of the molecule is C=C1C[C@H]2[C@@H]3CCC[C@@]3(C)CC[C@@H]2[C@@]2(C)CCC(=O)C=C12. The lowest BCUT2D eigenvalue weighted by molar-refractivity contribution is -0.117. The fourth-order valence-corrected chi connectivity index (χ4v) is 6.56. The Hall–Kier alpha value is -0.850. The number of carbonyl (C=O) groups is 1. The standard InChI is InChI=1S/C20H28O/c1-13-11-15-16-5-4-8-19(16,2)9-7-17(15)20(3)10-6-14(21)12-18(13)20/h12,15-17H,1,4-11H2,2-3H3/t15-,16-,17-,19-,20+/m0/s1. The summed E-state index contributed by atoms with van der Waals surface area (Å²) in [4.78, 5) is 11.9. The normalized spacial score (nSPS) is 49.2. The fourth-order valence-electron chi connectivity index (χ4n) is 6.56. The fraction of sp³-hybridized carbons (Fsp3) is 0.750. The number of hydrogen-bond acceptors (Lipinski definition) is 1. The molecule has 0 unspecified atom stereocenters. The van der Waals surface area contributed by atoms with E-state index in [0.29, 0.717) is 11.2 Å². The lowest BCUT2D eigenvalue weighted by atomic mass is 9.47. The van der Waals surface area contributed by atoms with Crippen molar-refractivity contribution in [1.29, 1.82) is 0 Å². The molecule has 0 spiro atoms. The minimum absolute atomic E-state index is 0.234. The molecule has 5 atom stereocenters. The van der Waals surface area contributed by atoms with Crippen molar-refractivity contribution in [1.82, 2.24) is 0 Å². The average Bonchev–Trinajstić information content (AvgIpc) is 2.83. The largest absolute Gasteiger partial charge is 0.295 e. The van der Waals surface area contributed by atoms with Gasteiger partial charge in [-0.15, -0.1) is 0 Å². The third-order valence-electron chi connectivity index (χ3n) is 7.71. The minimum Gasteiger partial charge on any atom is -0.295 e. The van der Waals surface area contributed by atoms with Crippen molar-refractivity contribution in [3.8, 4) is 0 Å². The van der Waals surface area contributed by atoms with Crippen LogP contribution in [0.25, 0.3) is 0 Å². The summed E-state index contributed by atoms with van der Waals surface area (Å²) >= 11 is 0. The molecular weight excluding hydrogens is 256 g/mol. The third-order valence-corrected chi connectivity index (χ3v) is 7.71. The number of carbonyl (C=O) groups excluding carboxylic acids is 1. The molecule has 3 fully saturated rings. The van der Waals surface area contributed by atoms with Crippen LogP contribution in [0.5, 0.6) is 0 Å². The maximum atomic E-state index is 11.9. The number of fused-ring (bicyclic) bond motifs is 5. The maximum absolute atomic E-state index is 11.9. The number of rotatable bonds is 0. The zero-order chi connectivity index (χ0) is 14.8. The van der Waals surface area contributed by atoms with E-state index in [9.17, 15) is 4.79 Å². The number of ketones is 1. The van der Waals surface area contributed by atoms with E-state index in [2.05, 4.69) is 20.4 Å². The molecule has 0 amide bonds. The molecule has 114 valence electrons. The van der Waals surface area contributed by atoms with Crippen molar-refractivity contribution in [3.05, 3.63) is 23.8 Å². The highest BCUT2D eigenvalue weighted by atomic mass is 16.1. The van der Waals surface area contributed by atoms with Crippen LogP contribution in [0, 0.1) is 28.6 Å². The van der Waals surface area contributed by atoms with Crippen LogP contribution in [0.4, 0.5) is 0 Å². The third kappa shape index (κ3) is 1.79. The molecule has 4 rings (SSSR count). The van der Waals surface area contributed by atoms with Crippen molar-refractivity contribution in [2.75, 3.05) is 0 Å². The van der Waals surface area contributed by atoms with Gasteiger partial charge in [0.25, 0.3) is 0 Å². The first kappa shape index (κ1) is 13.8. The van der Waals surface area contributed by atoms with Gasteiger partial charge in [-0.05, 0) is 78.8 Å². The summed E-state index contributed by atoms with van der Waals surface area (Å²) in [6.07, 6.45) is 12.0. The molecule has 21 heavy (non-hydrogen) atoms. The van der Waals surface area contributed by atoms with Crippen LogP contribution in [-0.4, -0.2) is 5.78 Å². The molecule has 4 aliphatic carbocycles. The smallest absolute Gasteiger partial charge is 0.156 e. The first-order valence-corrected chi connectivity index (χ1v) is 8.87. The molecule has 0 aromatic heterocycles. The van der Waals surface area contributed by atoms with Crippen LogP contribution >= 0.6 is 0 Å². The zero-order valence-electron chi connectivity index (χ0n) is 13.6. The van der Waals surface area contributed by atoms with E-state index in [1.165, 1.54) is 43.3 Å². The van der Waals surface area contributed by atoms with E-state index in [4.69, 9.17) is 0 Å². The summed E-state index contributed by atoms with van der Waals surface area (Å²) in [5.41, 5.74) is 3.44. The van der Waals surface area contributed by atoms with Crippen LogP contribution in [0.2, 0.25) is 0 Å². The van der Waals surface area contributed by atoms with Gasteiger partial charge in [-0.3, -0.25) is 4.79 Å². The van der Waals surface area contributed by atoms with Gasteiger partial charge in [0.1, 0.15) is 0 Å². The van der Waals surface area contributed by atoms with Crippen molar-refractivity contribution in [3.63, 3.8) is 0 Å². The van der Waals surface area contributed by atoms with Gasteiger partial charge in [-0.25, -0.2) is 0 Å². The Morgan fingerprint density at radius 3 is 2.76 bits per heavy atom. The first-order valence-electron chi connectivity index (χ1n) is 8.87. The van der Waals surface area contributed by atoms with Gasteiger partial charge in [0.2, 0.25) is 0 Å². The quantitative estimate of drug-likeness (QED) is 0.606. The zero-order valence-corrected chi connectivity index (χ0v) is 13.6. The maximum Gasteiger partial charge on any atom is 0.156 e. The molecule has 0 aliphatic heterocycles. The highest BCUT2D eigenvalue weighted by molar-refractivity contribution is 5.92. The molecule has 0 aromatic carbocycles. The van der Waals surface area contributed by atoms with E-state index in [1.807, 2.05) is 6.08 Å². The molecule has 0 bridgehead atoms. The molecule has 1 heteroatoms. The highest BCUT2D eigenvalue weighted by Gasteiger charge is 2.56. The van der Waals surface area contributed by atoms with Gasteiger partial charge < -0.3 is 0 Å². The Balaban J connectivity index is 1.75. The Labute approximate surface area is 128 Å².